The first kappa shape index (κ1) is 13.4. The van der Waals surface area contributed by atoms with Crippen LogP contribution in [0.2, 0.25) is 0 Å². The predicted octanol–water partition coefficient (Wildman–Crippen LogP) is 2.49. The smallest absolute Gasteiger partial charge is 0.228 e. The molecule has 3 rings (SSSR count). The van der Waals surface area contributed by atoms with Crippen LogP contribution in [-0.2, 0) is 17.8 Å². The van der Waals surface area contributed by atoms with Gasteiger partial charge in [-0.2, -0.15) is 5.10 Å². The van der Waals surface area contributed by atoms with E-state index in [1.807, 2.05) is 46.4 Å². The number of thiophene rings is 1. The van der Waals surface area contributed by atoms with Crippen LogP contribution in [0.25, 0.3) is 0 Å². The van der Waals surface area contributed by atoms with Crippen molar-refractivity contribution in [3.8, 4) is 0 Å². The van der Waals surface area contributed by atoms with Gasteiger partial charge in [-0.25, -0.2) is 0 Å². The normalized spacial score (nSPS) is 18.6. The summed E-state index contributed by atoms with van der Waals surface area (Å²) in [5.41, 5.74) is 1.17. The summed E-state index contributed by atoms with van der Waals surface area (Å²) in [5, 5.41) is 6.35. The first-order valence-electron chi connectivity index (χ1n) is 7.03. The second kappa shape index (κ2) is 5.79. The van der Waals surface area contributed by atoms with Crippen molar-refractivity contribution in [2.75, 3.05) is 6.54 Å². The summed E-state index contributed by atoms with van der Waals surface area (Å²) < 4.78 is 1.96. The second-order valence-electron chi connectivity index (χ2n) is 5.38. The monoisotopic (exact) mass is 289 g/mol. The molecule has 0 bridgehead atoms. The maximum absolute atomic E-state index is 12.4. The minimum absolute atomic E-state index is 0.249. The van der Waals surface area contributed by atoms with Crippen molar-refractivity contribution in [3.63, 3.8) is 0 Å². The molecule has 1 amide bonds. The Morgan fingerprint density at radius 3 is 3.15 bits per heavy atom. The van der Waals surface area contributed by atoms with Gasteiger partial charge in [0, 0.05) is 17.6 Å². The molecular formula is C15H19N3OS. The lowest BCUT2D eigenvalue weighted by atomic mass is 10.2. The van der Waals surface area contributed by atoms with E-state index in [9.17, 15) is 4.79 Å². The first-order valence-corrected chi connectivity index (χ1v) is 7.91. The maximum atomic E-state index is 12.4. The van der Waals surface area contributed by atoms with Gasteiger partial charge in [0.25, 0.3) is 0 Å². The van der Waals surface area contributed by atoms with E-state index in [4.69, 9.17) is 0 Å². The molecule has 3 heterocycles. The highest BCUT2D eigenvalue weighted by molar-refractivity contribution is 7.10. The van der Waals surface area contributed by atoms with Crippen LogP contribution in [0.4, 0.5) is 0 Å². The molecule has 2 aromatic rings. The number of rotatable bonds is 4. The van der Waals surface area contributed by atoms with Crippen LogP contribution in [0.15, 0.2) is 29.9 Å². The van der Waals surface area contributed by atoms with Crippen LogP contribution in [0.5, 0.6) is 0 Å². The van der Waals surface area contributed by atoms with Crippen molar-refractivity contribution >= 4 is 17.2 Å². The third-order valence-corrected chi connectivity index (χ3v) is 4.64. The highest BCUT2D eigenvalue weighted by Crippen LogP contribution is 2.21. The van der Waals surface area contributed by atoms with Gasteiger partial charge in [0.15, 0.2) is 0 Å². The maximum Gasteiger partial charge on any atom is 0.228 e. The van der Waals surface area contributed by atoms with Crippen molar-refractivity contribution in [1.82, 2.24) is 14.7 Å². The third kappa shape index (κ3) is 2.93. The quantitative estimate of drug-likeness (QED) is 0.867. The molecule has 0 aromatic carbocycles. The van der Waals surface area contributed by atoms with E-state index in [0.717, 1.165) is 30.8 Å². The summed E-state index contributed by atoms with van der Waals surface area (Å²) in [6, 6.07) is 4.33. The number of likely N-dealkylation sites (tertiary alicyclic amines) is 1. The molecule has 1 saturated heterocycles. The van der Waals surface area contributed by atoms with E-state index >= 15 is 0 Å². The number of carbonyl (C=O) groups is 1. The minimum atomic E-state index is 0.249. The molecule has 0 aliphatic carbocycles. The lowest BCUT2D eigenvalue weighted by molar-refractivity contribution is -0.131. The number of carbonyl (C=O) groups excluding carboxylic acids is 1. The van der Waals surface area contributed by atoms with E-state index in [1.54, 1.807) is 11.3 Å². The molecule has 1 atom stereocenters. The van der Waals surface area contributed by atoms with E-state index in [-0.39, 0.29) is 5.91 Å². The van der Waals surface area contributed by atoms with Gasteiger partial charge in [0.1, 0.15) is 0 Å². The Morgan fingerprint density at radius 1 is 1.55 bits per heavy atom. The molecule has 0 unspecified atom stereocenters. The number of hydrogen-bond donors (Lipinski definition) is 0. The van der Waals surface area contributed by atoms with Gasteiger partial charge in [-0.05, 0) is 36.8 Å². The highest BCUT2D eigenvalue weighted by Gasteiger charge is 2.29. The van der Waals surface area contributed by atoms with Crippen molar-refractivity contribution in [2.24, 2.45) is 0 Å². The van der Waals surface area contributed by atoms with Gasteiger partial charge in [0.05, 0.1) is 25.2 Å². The molecule has 106 valence electrons. The summed E-state index contributed by atoms with van der Waals surface area (Å²) in [6.45, 7) is 3.73. The average Bonchev–Trinajstić information content (AvgIpc) is 3.12. The molecule has 0 radical (unpaired) electrons. The van der Waals surface area contributed by atoms with E-state index in [1.165, 1.54) is 5.56 Å². The van der Waals surface area contributed by atoms with Crippen LogP contribution in [0, 0.1) is 6.92 Å². The Hall–Kier alpha value is -1.62. The number of nitrogens with zero attached hydrogens (tertiary/aromatic N) is 3. The Kier molecular flexibility index (Phi) is 3.87. The molecule has 2 aromatic heterocycles. The minimum Gasteiger partial charge on any atom is -0.338 e. The fourth-order valence-electron chi connectivity index (χ4n) is 2.80. The Morgan fingerprint density at radius 2 is 2.45 bits per heavy atom. The number of aromatic nitrogens is 2. The van der Waals surface area contributed by atoms with Crippen molar-refractivity contribution in [3.05, 3.63) is 40.3 Å². The molecule has 5 heteroatoms. The van der Waals surface area contributed by atoms with Crippen LogP contribution in [0.3, 0.4) is 0 Å². The first-order chi connectivity index (χ1) is 9.72. The van der Waals surface area contributed by atoms with Gasteiger partial charge in [0.2, 0.25) is 5.91 Å². The molecule has 1 aliphatic heterocycles. The molecule has 20 heavy (non-hydrogen) atoms. The zero-order valence-corrected chi connectivity index (χ0v) is 12.5. The summed E-state index contributed by atoms with van der Waals surface area (Å²) >= 11 is 1.65. The highest BCUT2D eigenvalue weighted by atomic mass is 32.1. The zero-order valence-electron chi connectivity index (χ0n) is 11.7. The van der Waals surface area contributed by atoms with E-state index in [0.29, 0.717) is 12.5 Å². The lowest BCUT2D eigenvalue weighted by Gasteiger charge is -2.24. The SMILES string of the molecule is Cc1cnn(C[C@@H]2CCCN2C(=O)Cc2cccs2)c1. The van der Waals surface area contributed by atoms with Crippen LogP contribution in [0.1, 0.15) is 23.3 Å². The molecule has 1 fully saturated rings. The summed E-state index contributed by atoms with van der Waals surface area (Å²) in [7, 11) is 0. The van der Waals surface area contributed by atoms with Crippen molar-refractivity contribution < 1.29 is 4.79 Å². The standard InChI is InChI=1S/C15H19N3OS/c1-12-9-16-17(10-12)11-13-4-2-6-18(13)15(19)8-14-5-3-7-20-14/h3,5,7,9-10,13H,2,4,6,8,11H2,1H3/t13-/m0/s1. The second-order valence-corrected chi connectivity index (χ2v) is 6.41. The molecule has 1 aliphatic rings. The van der Waals surface area contributed by atoms with Crippen LogP contribution in [-0.4, -0.2) is 33.2 Å². The largest absolute Gasteiger partial charge is 0.338 e. The summed E-state index contributed by atoms with van der Waals surface area (Å²) in [6.07, 6.45) is 6.62. The molecule has 4 nitrogen and oxygen atoms in total. The fraction of sp³-hybridized carbons (Fsp3) is 0.467. The lowest BCUT2D eigenvalue weighted by Crippen LogP contribution is -2.39. The summed E-state index contributed by atoms with van der Waals surface area (Å²) in [4.78, 5) is 15.6. The molecular weight excluding hydrogens is 270 g/mol. The van der Waals surface area contributed by atoms with E-state index < -0.39 is 0 Å². The van der Waals surface area contributed by atoms with E-state index in [2.05, 4.69) is 5.10 Å². The van der Waals surface area contributed by atoms with Gasteiger partial charge in [-0.3, -0.25) is 9.48 Å². The molecule has 0 N–H and O–H groups in total. The predicted molar refractivity (Wildman–Crippen MR) is 79.7 cm³/mol. The topological polar surface area (TPSA) is 38.1 Å². The van der Waals surface area contributed by atoms with Crippen molar-refractivity contribution in [1.29, 1.82) is 0 Å². The third-order valence-electron chi connectivity index (χ3n) is 3.76. The van der Waals surface area contributed by atoms with Gasteiger partial charge >= 0.3 is 0 Å². The molecule has 0 spiro atoms. The number of aryl methyl sites for hydroxylation is 1. The van der Waals surface area contributed by atoms with Gasteiger partial charge < -0.3 is 4.90 Å². The summed E-state index contributed by atoms with van der Waals surface area (Å²) in [5.74, 6) is 0.249. The number of amides is 1. The molecule has 0 saturated carbocycles. The van der Waals surface area contributed by atoms with Crippen LogP contribution < -0.4 is 0 Å². The Balaban J connectivity index is 1.64. The fourth-order valence-corrected chi connectivity index (χ4v) is 3.50. The van der Waals surface area contributed by atoms with Crippen molar-refractivity contribution in [2.45, 2.75) is 38.8 Å². The Labute approximate surface area is 123 Å². The number of hydrogen-bond acceptors (Lipinski definition) is 3. The zero-order chi connectivity index (χ0) is 13.9. The van der Waals surface area contributed by atoms with Gasteiger partial charge in [-0.1, -0.05) is 6.07 Å². The Bertz CT molecular complexity index is 576. The van der Waals surface area contributed by atoms with Crippen LogP contribution >= 0.6 is 11.3 Å². The average molecular weight is 289 g/mol. The van der Waals surface area contributed by atoms with Gasteiger partial charge in [-0.15, -0.1) is 11.3 Å².